The highest BCUT2D eigenvalue weighted by Crippen LogP contribution is 2.43. The van der Waals surface area contributed by atoms with Crippen LogP contribution in [0.5, 0.6) is 0 Å². The molecule has 0 fully saturated rings. The van der Waals surface area contributed by atoms with Crippen LogP contribution < -0.4 is 0 Å². The van der Waals surface area contributed by atoms with Gasteiger partial charge in [0.1, 0.15) is 5.65 Å². The topological polar surface area (TPSA) is 27.7 Å². The number of fused-ring (bicyclic) bond motifs is 11. The minimum Gasteiger partial charge on any atom is -0.295 e. The largest absolute Gasteiger partial charge is 0.295 e. The second-order valence-electron chi connectivity index (χ2n) is 12.4. The van der Waals surface area contributed by atoms with Crippen LogP contribution in [0, 0.1) is 0 Å². The van der Waals surface area contributed by atoms with Crippen molar-refractivity contribution < 1.29 is 0 Å². The van der Waals surface area contributed by atoms with Crippen molar-refractivity contribution in [1.82, 2.24) is 18.7 Å². The van der Waals surface area contributed by atoms with E-state index in [-0.39, 0.29) is 0 Å². The van der Waals surface area contributed by atoms with Gasteiger partial charge in [-0.3, -0.25) is 13.7 Å². The molecule has 11 rings (SSSR count). The summed E-state index contributed by atoms with van der Waals surface area (Å²) in [4.78, 5) is 5.03. The summed E-state index contributed by atoms with van der Waals surface area (Å²) in [7, 11) is 0. The average Bonchev–Trinajstić information content (AvgIpc) is 3.88. The van der Waals surface area contributed by atoms with Gasteiger partial charge < -0.3 is 0 Å². The van der Waals surface area contributed by atoms with Crippen LogP contribution in [0.2, 0.25) is 0 Å². The molecule has 0 radical (unpaired) electrons. The fourth-order valence-electron chi connectivity index (χ4n) is 7.92. The number of pyridine rings is 1. The third-order valence-electron chi connectivity index (χ3n) is 9.89. The molecule has 0 amide bonds. The van der Waals surface area contributed by atoms with Crippen molar-refractivity contribution in [2.45, 2.75) is 0 Å². The van der Waals surface area contributed by atoms with Crippen LogP contribution in [0.15, 0.2) is 158 Å². The molecule has 11 aromatic rings. The summed E-state index contributed by atoms with van der Waals surface area (Å²) in [5, 5.41) is 8.74. The highest BCUT2D eigenvalue weighted by Gasteiger charge is 2.23. The number of aromatic nitrogens is 4. The Morgan fingerprint density at radius 2 is 0.958 bits per heavy atom. The first-order valence-corrected chi connectivity index (χ1v) is 17.0. The molecule has 0 saturated heterocycles. The minimum absolute atomic E-state index is 0.977. The quantitative estimate of drug-likeness (QED) is 0.191. The Labute approximate surface area is 278 Å². The standard InChI is InChI=1S/C43H26N4S/c1-2-12-27(13-3-1)45-37-20-10-6-16-32(37)40-33-17-7-11-21-38(33)46(43(40)45)28-22-23-39-34(26-28)31-24-25-44-42(41(31)48-39)47-35-18-8-4-14-29(35)30-15-5-9-19-36(30)47/h1-26H. The van der Waals surface area contributed by atoms with Gasteiger partial charge in [0, 0.05) is 60.0 Å². The van der Waals surface area contributed by atoms with E-state index >= 15 is 0 Å². The molecular weight excluding hydrogens is 605 g/mol. The van der Waals surface area contributed by atoms with Gasteiger partial charge in [0.25, 0.3) is 0 Å². The number of para-hydroxylation sites is 5. The molecule has 224 valence electrons. The number of hydrogen-bond donors (Lipinski definition) is 0. The first-order chi connectivity index (χ1) is 23.8. The van der Waals surface area contributed by atoms with Crippen LogP contribution >= 0.6 is 11.3 Å². The molecule has 0 bridgehead atoms. The summed E-state index contributed by atoms with van der Waals surface area (Å²) in [6, 6.07) is 54.7. The number of nitrogens with zero attached hydrogens (tertiary/aromatic N) is 4. The van der Waals surface area contributed by atoms with Crippen LogP contribution in [0.1, 0.15) is 0 Å². The number of benzene rings is 6. The van der Waals surface area contributed by atoms with E-state index in [2.05, 4.69) is 165 Å². The van der Waals surface area contributed by atoms with Gasteiger partial charge in [0.15, 0.2) is 5.82 Å². The second kappa shape index (κ2) is 9.67. The molecule has 5 aromatic heterocycles. The molecule has 0 N–H and O–H groups in total. The maximum absolute atomic E-state index is 5.03. The molecule has 0 unspecified atom stereocenters. The van der Waals surface area contributed by atoms with Gasteiger partial charge in [-0.15, -0.1) is 11.3 Å². The van der Waals surface area contributed by atoms with Crippen molar-refractivity contribution in [2.75, 3.05) is 0 Å². The predicted molar refractivity (Wildman–Crippen MR) is 203 cm³/mol. The van der Waals surface area contributed by atoms with Crippen LogP contribution in [0.3, 0.4) is 0 Å². The third-order valence-corrected chi connectivity index (χ3v) is 11.1. The summed E-state index contributed by atoms with van der Waals surface area (Å²) < 4.78 is 9.66. The van der Waals surface area contributed by atoms with Crippen LogP contribution in [-0.4, -0.2) is 18.7 Å². The molecule has 0 spiro atoms. The predicted octanol–water partition coefficient (Wildman–Crippen LogP) is 11.6. The van der Waals surface area contributed by atoms with Gasteiger partial charge in [-0.2, -0.15) is 0 Å². The average molecular weight is 631 g/mol. The van der Waals surface area contributed by atoms with Crippen LogP contribution in [-0.2, 0) is 0 Å². The van der Waals surface area contributed by atoms with Crippen molar-refractivity contribution in [3.63, 3.8) is 0 Å². The molecule has 4 nitrogen and oxygen atoms in total. The highest BCUT2D eigenvalue weighted by atomic mass is 32.1. The zero-order valence-corrected chi connectivity index (χ0v) is 26.5. The van der Waals surface area contributed by atoms with E-state index in [0.717, 1.165) is 17.2 Å². The smallest absolute Gasteiger partial charge is 0.155 e. The molecule has 48 heavy (non-hydrogen) atoms. The Bertz CT molecular complexity index is 3010. The lowest BCUT2D eigenvalue weighted by Crippen LogP contribution is -2.01. The lowest BCUT2D eigenvalue weighted by molar-refractivity contribution is 1.07. The SMILES string of the molecule is c1ccc(-n2c3ccccc3c3c4ccccc4n(-c4ccc5sc6c(-n7c8ccccc8c8ccccc87)nccc6c5c4)c32)cc1. The van der Waals surface area contributed by atoms with Crippen LogP contribution in [0.4, 0.5) is 0 Å². The Morgan fingerprint density at radius 3 is 1.60 bits per heavy atom. The maximum Gasteiger partial charge on any atom is 0.155 e. The van der Waals surface area contributed by atoms with E-state index in [0.29, 0.717) is 0 Å². The summed E-state index contributed by atoms with van der Waals surface area (Å²) in [5.74, 6) is 0.977. The highest BCUT2D eigenvalue weighted by molar-refractivity contribution is 7.26. The molecule has 0 atom stereocenters. The molecular formula is C43H26N4S. The molecule has 0 aliphatic heterocycles. The van der Waals surface area contributed by atoms with E-state index in [1.54, 1.807) is 0 Å². The fraction of sp³-hybridized carbons (Fsp3) is 0. The number of thiophene rings is 1. The number of hydrogen-bond acceptors (Lipinski definition) is 2. The van der Waals surface area contributed by atoms with Crippen molar-refractivity contribution >= 4 is 86.2 Å². The number of rotatable bonds is 3. The molecule has 5 heterocycles. The lowest BCUT2D eigenvalue weighted by Gasteiger charge is -2.13. The molecule has 0 aliphatic rings. The van der Waals surface area contributed by atoms with Gasteiger partial charge in [-0.05, 0) is 60.7 Å². The van der Waals surface area contributed by atoms with Crippen molar-refractivity contribution in [1.29, 1.82) is 0 Å². The summed E-state index contributed by atoms with van der Waals surface area (Å²) in [6.45, 7) is 0. The van der Waals surface area contributed by atoms with Crippen molar-refractivity contribution in [3.8, 4) is 17.2 Å². The van der Waals surface area contributed by atoms with Crippen molar-refractivity contribution in [3.05, 3.63) is 158 Å². The maximum atomic E-state index is 5.03. The zero-order valence-electron chi connectivity index (χ0n) is 25.7. The monoisotopic (exact) mass is 630 g/mol. The zero-order chi connectivity index (χ0) is 31.3. The van der Waals surface area contributed by atoms with E-state index in [9.17, 15) is 0 Å². The van der Waals surface area contributed by atoms with E-state index in [4.69, 9.17) is 4.98 Å². The Morgan fingerprint density at radius 1 is 0.417 bits per heavy atom. The van der Waals surface area contributed by atoms with Gasteiger partial charge in [0.05, 0.1) is 26.8 Å². The molecule has 0 saturated carbocycles. The Kier molecular flexibility index (Phi) is 5.23. The first-order valence-electron chi connectivity index (χ1n) is 16.2. The van der Waals surface area contributed by atoms with E-state index < -0.39 is 0 Å². The molecule has 6 aromatic carbocycles. The fourth-order valence-corrected chi connectivity index (χ4v) is 9.08. The molecule has 5 heteroatoms. The van der Waals surface area contributed by atoms with E-state index in [1.807, 2.05) is 17.5 Å². The molecule has 0 aliphatic carbocycles. The first kappa shape index (κ1) is 26.0. The van der Waals surface area contributed by atoms with Crippen LogP contribution in [0.25, 0.3) is 92.0 Å². The Hall–Kier alpha value is -6.17. The second-order valence-corrected chi connectivity index (χ2v) is 13.5. The summed E-state index contributed by atoms with van der Waals surface area (Å²) in [5.41, 5.74) is 8.22. The summed E-state index contributed by atoms with van der Waals surface area (Å²) in [6.07, 6.45) is 1.97. The van der Waals surface area contributed by atoms with E-state index in [1.165, 1.54) is 74.8 Å². The minimum atomic E-state index is 0.977. The van der Waals surface area contributed by atoms with Gasteiger partial charge in [-0.25, -0.2) is 4.98 Å². The summed E-state index contributed by atoms with van der Waals surface area (Å²) >= 11 is 1.82. The normalized spacial score (nSPS) is 12.2. The van der Waals surface area contributed by atoms with Gasteiger partial charge in [0.2, 0.25) is 0 Å². The van der Waals surface area contributed by atoms with Gasteiger partial charge in [-0.1, -0.05) is 91.0 Å². The van der Waals surface area contributed by atoms with Crippen molar-refractivity contribution in [2.24, 2.45) is 0 Å². The lowest BCUT2D eigenvalue weighted by atomic mass is 10.1. The Balaban J connectivity index is 1.22. The third kappa shape index (κ3) is 3.40. The van der Waals surface area contributed by atoms with Gasteiger partial charge >= 0.3 is 0 Å².